The molecule has 0 fully saturated rings. The molecule has 86 valence electrons. The molecule has 1 aromatic carbocycles. The second kappa shape index (κ2) is 4.80. The molecule has 0 bridgehead atoms. The highest BCUT2D eigenvalue weighted by atomic mass is 79.9. The van der Waals surface area contributed by atoms with Gasteiger partial charge >= 0.3 is 0 Å². The Morgan fingerprint density at radius 1 is 1.12 bits per heavy atom. The van der Waals surface area contributed by atoms with Crippen LogP contribution in [-0.4, -0.2) is 10.8 Å². The van der Waals surface area contributed by atoms with Gasteiger partial charge in [-0.2, -0.15) is 0 Å². The topological polar surface area (TPSA) is 30.0 Å². The van der Waals surface area contributed by atoms with Gasteiger partial charge in [-0.25, -0.2) is 0 Å². The summed E-state index contributed by atoms with van der Waals surface area (Å²) in [5.74, 6) is -0.00641. The molecule has 0 saturated heterocycles. The third kappa shape index (κ3) is 2.61. The van der Waals surface area contributed by atoms with Crippen molar-refractivity contribution < 1.29 is 4.79 Å². The number of carbonyl (C=O) groups is 1. The third-order valence-corrected chi connectivity index (χ3v) is 3.16. The zero-order chi connectivity index (χ0) is 12.4. The van der Waals surface area contributed by atoms with E-state index in [4.69, 9.17) is 0 Å². The molecule has 0 N–H and O–H groups in total. The zero-order valence-corrected chi connectivity index (χ0v) is 11.3. The van der Waals surface area contributed by atoms with Crippen LogP contribution >= 0.6 is 15.9 Å². The monoisotopic (exact) mass is 289 g/mol. The van der Waals surface area contributed by atoms with E-state index in [0.29, 0.717) is 11.1 Å². The van der Waals surface area contributed by atoms with Gasteiger partial charge in [0.2, 0.25) is 0 Å². The lowest BCUT2D eigenvalue weighted by atomic mass is 10.0. The molecular weight excluding hydrogens is 278 g/mol. The van der Waals surface area contributed by atoms with Crippen LogP contribution in [0.3, 0.4) is 0 Å². The van der Waals surface area contributed by atoms with Crippen molar-refractivity contribution >= 4 is 21.7 Å². The van der Waals surface area contributed by atoms with Crippen LogP contribution in [0.15, 0.2) is 41.1 Å². The lowest BCUT2D eigenvalue weighted by molar-refractivity contribution is 0.103. The van der Waals surface area contributed by atoms with Crippen LogP contribution in [0.25, 0.3) is 0 Å². The molecule has 0 atom stereocenters. The quantitative estimate of drug-likeness (QED) is 0.789. The number of pyridine rings is 1. The van der Waals surface area contributed by atoms with Crippen LogP contribution < -0.4 is 0 Å². The summed E-state index contributed by atoms with van der Waals surface area (Å²) in [6.45, 7) is 3.92. The number of halogens is 1. The maximum absolute atomic E-state index is 12.3. The van der Waals surface area contributed by atoms with Gasteiger partial charge in [-0.05, 0) is 43.2 Å². The van der Waals surface area contributed by atoms with Crippen molar-refractivity contribution in [3.8, 4) is 0 Å². The number of benzene rings is 1. The fraction of sp³-hybridized carbons (Fsp3) is 0.143. The molecule has 17 heavy (non-hydrogen) atoms. The highest BCUT2D eigenvalue weighted by molar-refractivity contribution is 9.10. The lowest BCUT2D eigenvalue weighted by Crippen LogP contribution is -2.03. The van der Waals surface area contributed by atoms with Gasteiger partial charge in [0.15, 0.2) is 5.78 Å². The van der Waals surface area contributed by atoms with E-state index in [9.17, 15) is 4.79 Å². The molecule has 1 heterocycles. The average molecular weight is 290 g/mol. The first-order valence-electron chi connectivity index (χ1n) is 5.30. The number of rotatable bonds is 2. The van der Waals surface area contributed by atoms with E-state index in [1.165, 1.54) is 0 Å². The summed E-state index contributed by atoms with van der Waals surface area (Å²) >= 11 is 3.42. The zero-order valence-electron chi connectivity index (χ0n) is 9.70. The van der Waals surface area contributed by atoms with Crippen LogP contribution in [0, 0.1) is 13.8 Å². The van der Waals surface area contributed by atoms with Crippen LogP contribution in [0.5, 0.6) is 0 Å². The SMILES string of the molecule is Cc1cncc(C(=O)c2ccc(C)cc2Br)c1. The van der Waals surface area contributed by atoms with Gasteiger partial charge in [0.1, 0.15) is 0 Å². The summed E-state index contributed by atoms with van der Waals surface area (Å²) in [5, 5.41) is 0. The van der Waals surface area contributed by atoms with Gasteiger partial charge in [0.05, 0.1) is 0 Å². The second-order valence-corrected chi connectivity index (χ2v) is 4.92. The van der Waals surface area contributed by atoms with Crippen LogP contribution in [0.2, 0.25) is 0 Å². The lowest BCUT2D eigenvalue weighted by Gasteiger charge is -2.05. The van der Waals surface area contributed by atoms with Crippen molar-refractivity contribution in [2.24, 2.45) is 0 Å². The molecule has 1 aromatic heterocycles. The molecule has 0 amide bonds. The molecule has 3 heteroatoms. The first-order chi connectivity index (χ1) is 8.08. The fourth-order valence-corrected chi connectivity index (χ4v) is 2.31. The second-order valence-electron chi connectivity index (χ2n) is 4.06. The van der Waals surface area contributed by atoms with E-state index in [0.717, 1.165) is 15.6 Å². The van der Waals surface area contributed by atoms with Gasteiger partial charge in [-0.15, -0.1) is 0 Å². The molecule has 2 aromatic rings. The molecule has 0 aliphatic rings. The Kier molecular flexibility index (Phi) is 3.38. The van der Waals surface area contributed by atoms with Crippen molar-refractivity contribution in [1.29, 1.82) is 0 Å². The van der Waals surface area contributed by atoms with Crippen molar-refractivity contribution in [3.05, 3.63) is 63.4 Å². The summed E-state index contributed by atoms with van der Waals surface area (Å²) in [6, 6.07) is 7.56. The van der Waals surface area contributed by atoms with Gasteiger partial charge in [-0.1, -0.05) is 22.0 Å². The predicted molar refractivity (Wildman–Crippen MR) is 71.3 cm³/mol. The van der Waals surface area contributed by atoms with E-state index in [-0.39, 0.29) is 5.78 Å². The minimum Gasteiger partial charge on any atom is -0.289 e. The average Bonchev–Trinajstić information content (AvgIpc) is 2.28. The van der Waals surface area contributed by atoms with Gasteiger partial charge in [-0.3, -0.25) is 9.78 Å². The summed E-state index contributed by atoms with van der Waals surface area (Å²) in [6.07, 6.45) is 3.34. The minimum absolute atomic E-state index is 0.00641. The highest BCUT2D eigenvalue weighted by Gasteiger charge is 2.12. The standard InChI is InChI=1S/C14H12BrNO/c1-9-3-4-12(13(15)6-9)14(17)11-5-10(2)7-16-8-11/h3-8H,1-2H3. The van der Waals surface area contributed by atoms with Crippen LogP contribution in [-0.2, 0) is 0 Å². The number of ketones is 1. The van der Waals surface area contributed by atoms with E-state index in [2.05, 4.69) is 20.9 Å². The van der Waals surface area contributed by atoms with Gasteiger partial charge in [0.25, 0.3) is 0 Å². The van der Waals surface area contributed by atoms with Crippen LogP contribution in [0.1, 0.15) is 27.0 Å². The summed E-state index contributed by atoms with van der Waals surface area (Å²) < 4.78 is 0.823. The fourth-order valence-electron chi connectivity index (χ4n) is 1.64. The Bertz CT molecular complexity index is 578. The number of nitrogens with zero attached hydrogens (tertiary/aromatic N) is 1. The van der Waals surface area contributed by atoms with Gasteiger partial charge in [0, 0.05) is 28.0 Å². The molecule has 0 saturated carbocycles. The molecule has 0 unspecified atom stereocenters. The molecule has 0 radical (unpaired) electrons. The number of hydrogen-bond donors (Lipinski definition) is 0. The summed E-state index contributed by atoms with van der Waals surface area (Å²) in [7, 11) is 0. The van der Waals surface area contributed by atoms with E-state index in [1.54, 1.807) is 12.4 Å². The molecule has 2 nitrogen and oxygen atoms in total. The Hall–Kier alpha value is -1.48. The maximum atomic E-state index is 12.3. The van der Waals surface area contributed by atoms with Crippen molar-refractivity contribution in [2.45, 2.75) is 13.8 Å². The Labute approximate surface area is 109 Å². The Balaban J connectivity index is 2.44. The molecule has 0 aliphatic heterocycles. The summed E-state index contributed by atoms with van der Waals surface area (Å²) in [5.41, 5.74) is 3.40. The van der Waals surface area contributed by atoms with E-state index in [1.807, 2.05) is 38.1 Å². The first-order valence-corrected chi connectivity index (χ1v) is 6.10. The molecular formula is C14H12BrNO. The number of hydrogen-bond acceptors (Lipinski definition) is 2. The van der Waals surface area contributed by atoms with Crippen LogP contribution in [0.4, 0.5) is 0 Å². The first kappa shape index (κ1) is 12.0. The predicted octanol–water partition coefficient (Wildman–Crippen LogP) is 3.69. The number of aromatic nitrogens is 1. The van der Waals surface area contributed by atoms with Crippen molar-refractivity contribution in [3.63, 3.8) is 0 Å². The largest absolute Gasteiger partial charge is 0.289 e. The van der Waals surface area contributed by atoms with E-state index < -0.39 is 0 Å². The maximum Gasteiger partial charge on any atom is 0.195 e. The minimum atomic E-state index is -0.00641. The normalized spacial score (nSPS) is 10.3. The van der Waals surface area contributed by atoms with Crippen molar-refractivity contribution in [2.75, 3.05) is 0 Å². The third-order valence-electron chi connectivity index (χ3n) is 2.51. The summed E-state index contributed by atoms with van der Waals surface area (Å²) in [4.78, 5) is 16.3. The number of carbonyl (C=O) groups excluding carboxylic acids is 1. The molecule has 0 aliphatic carbocycles. The molecule has 0 spiro atoms. The number of aryl methyl sites for hydroxylation is 2. The Morgan fingerprint density at radius 2 is 1.88 bits per heavy atom. The van der Waals surface area contributed by atoms with Gasteiger partial charge < -0.3 is 0 Å². The van der Waals surface area contributed by atoms with E-state index >= 15 is 0 Å². The highest BCUT2D eigenvalue weighted by Crippen LogP contribution is 2.21. The smallest absolute Gasteiger partial charge is 0.195 e. The Morgan fingerprint density at radius 3 is 2.53 bits per heavy atom. The molecule has 2 rings (SSSR count). The van der Waals surface area contributed by atoms with Crippen molar-refractivity contribution in [1.82, 2.24) is 4.98 Å².